The fraction of sp³-hybridized carbons (Fsp3) is 0.261. The van der Waals surface area contributed by atoms with Crippen LogP contribution in [-0.4, -0.2) is 53.9 Å². The minimum absolute atomic E-state index is 0.00922. The summed E-state index contributed by atoms with van der Waals surface area (Å²) in [6.07, 6.45) is 2.34. The monoisotopic (exact) mass is 406 g/mol. The molecule has 7 nitrogen and oxygen atoms in total. The number of rotatable bonds is 7. The molecule has 0 aliphatic carbocycles. The number of furan rings is 1. The van der Waals surface area contributed by atoms with Gasteiger partial charge in [0.25, 0.3) is 5.91 Å². The number of ketones is 1. The molecule has 1 amide bonds. The van der Waals surface area contributed by atoms with Gasteiger partial charge in [-0.1, -0.05) is 24.3 Å². The molecule has 3 heterocycles. The van der Waals surface area contributed by atoms with E-state index in [9.17, 15) is 14.7 Å². The van der Waals surface area contributed by atoms with Crippen molar-refractivity contribution >= 4 is 22.7 Å². The number of pyridine rings is 1. The van der Waals surface area contributed by atoms with E-state index in [4.69, 9.17) is 4.42 Å². The minimum Gasteiger partial charge on any atom is -0.503 e. The summed E-state index contributed by atoms with van der Waals surface area (Å²) in [6.45, 7) is 1.26. The fourth-order valence-electron chi connectivity index (χ4n) is 3.79. The quantitative estimate of drug-likeness (QED) is 0.586. The summed E-state index contributed by atoms with van der Waals surface area (Å²) < 4.78 is 5.71. The Labute approximate surface area is 174 Å². The van der Waals surface area contributed by atoms with Gasteiger partial charge in [0, 0.05) is 24.5 Å². The highest BCUT2D eigenvalue weighted by atomic mass is 16.3. The fourth-order valence-corrected chi connectivity index (χ4v) is 3.79. The van der Waals surface area contributed by atoms with Crippen LogP contribution in [0.2, 0.25) is 0 Å². The molecule has 1 aromatic carbocycles. The first-order valence-electron chi connectivity index (χ1n) is 9.94. The van der Waals surface area contributed by atoms with Gasteiger partial charge in [0.2, 0.25) is 5.78 Å². The topological polar surface area (TPSA) is 88.1 Å². The van der Waals surface area contributed by atoms with Crippen molar-refractivity contribution in [2.75, 3.05) is 27.2 Å². The van der Waals surface area contributed by atoms with E-state index in [1.165, 1.54) is 9.80 Å². The van der Waals surface area contributed by atoms with Gasteiger partial charge in [-0.25, -0.2) is 0 Å². The van der Waals surface area contributed by atoms with Gasteiger partial charge in [-0.3, -0.25) is 14.6 Å². The molecule has 154 valence electrons. The number of Topliss-reactive ketones (excluding diaryl/α,β-unsaturated/α-hetero) is 1. The molecule has 0 saturated carbocycles. The molecule has 30 heavy (non-hydrogen) atoms. The molecule has 7 heteroatoms. The Kier molecular flexibility index (Phi) is 5.37. The lowest BCUT2D eigenvalue weighted by Gasteiger charge is -2.26. The van der Waals surface area contributed by atoms with E-state index in [0.717, 1.165) is 18.4 Å². The van der Waals surface area contributed by atoms with Gasteiger partial charge in [-0.05, 0) is 24.3 Å². The molecule has 0 fully saturated rings. The summed E-state index contributed by atoms with van der Waals surface area (Å²) in [5.41, 5.74) is 1.12. The number of aliphatic hydroxyl groups excluding tert-OH is 1. The van der Waals surface area contributed by atoms with E-state index >= 15 is 0 Å². The first-order chi connectivity index (χ1) is 14.5. The van der Waals surface area contributed by atoms with E-state index in [1.807, 2.05) is 32.3 Å². The Morgan fingerprint density at radius 2 is 1.97 bits per heavy atom. The van der Waals surface area contributed by atoms with Gasteiger partial charge in [0.05, 0.1) is 31.9 Å². The number of hydrogen-bond acceptors (Lipinski definition) is 5. The second-order valence-electron chi connectivity index (χ2n) is 7.71. The van der Waals surface area contributed by atoms with E-state index < -0.39 is 23.5 Å². The van der Waals surface area contributed by atoms with Gasteiger partial charge in [-0.15, -0.1) is 0 Å². The summed E-state index contributed by atoms with van der Waals surface area (Å²) in [5.74, 6) is -1.51. The Hall–Kier alpha value is -3.45. The summed E-state index contributed by atoms with van der Waals surface area (Å²) in [6, 6.07) is 13.5. The first kappa shape index (κ1) is 19.8. The average molecular weight is 406 g/mol. The van der Waals surface area contributed by atoms with Gasteiger partial charge in [0.1, 0.15) is 11.6 Å². The maximum atomic E-state index is 13.4. The lowest BCUT2D eigenvalue weighted by Crippen LogP contribution is -3.05. The molecule has 0 spiro atoms. The molecule has 0 saturated heterocycles. The average Bonchev–Trinajstić information content (AvgIpc) is 3.28. The predicted molar refractivity (Wildman–Crippen MR) is 111 cm³/mol. The highest BCUT2D eigenvalue weighted by Gasteiger charge is 2.45. The molecule has 3 aromatic rings. The number of carbonyl (C=O) groups excluding carboxylic acids is 2. The lowest BCUT2D eigenvalue weighted by molar-refractivity contribution is -0.858. The number of hydrogen-bond donors (Lipinski definition) is 2. The molecule has 2 N–H and O–H groups in total. The van der Waals surface area contributed by atoms with Crippen LogP contribution < -0.4 is 4.90 Å². The van der Waals surface area contributed by atoms with E-state index in [0.29, 0.717) is 17.8 Å². The van der Waals surface area contributed by atoms with Crippen molar-refractivity contribution in [2.45, 2.75) is 12.5 Å². The Bertz CT molecular complexity index is 1080. The maximum absolute atomic E-state index is 13.4. The Morgan fingerprint density at radius 1 is 1.20 bits per heavy atom. The van der Waals surface area contributed by atoms with E-state index in [-0.39, 0.29) is 11.3 Å². The molecular formula is C23H24N3O4+. The van der Waals surface area contributed by atoms with Crippen LogP contribution in [0.25, 0.3) is 11.0 Å². The largest absolute Gasteiger partial charge is 0.503 e. The normalized spacial score (nSPS) is 16.8. The molecule has 4 rings (SSSR count). The maximum Gasteiger partial charge on any atom is 0.290 e. The van der Waals surface area contributed by atoms with Crippen molar-refractivity contribution in [1.82, 2.24) is 9.88 Å². The summed E-state index contributed by atoms with van der Waals surface area (Å²) in [5, 5.41) is 11.5. The van der Waals surface area contributed by atoms with Crippen molar-refractivity contribution in [3.63, 3.8) is 0 Å². The molecule has 2 aromatic heterocycles. The number of aromatic nitrogens is 1. The van der Waals surface area contributed by atoms with Gasteiger partial charge in [0.15, 0.2) is 11.5 Å². The van der Waals surface area contributed by atoms with Crippen LogP contribution in [-0.2, 0) is 4.79 Å². The van der Waals surface area contributed by atoms with Crippen molar-refractivity contribution in [3.05, 3.63) is 77.5 Å². The number of fused-ring (bicyclic) bond motifs is 1. The number of quaternary nitrogens is 1. The van der Waals surface area contributed by atoms with Crippen LogP contribution in [0.1, 0.15) is 28.7 Å². The zero-order chi connectivity index (χ0) is 21.3. The van der Waals surface area contributed by atoms with Gasteiger partial charge >= 0.3 is 0 Å². The molecule has 1 atom stereocenters. The van der Waals surface area contributed by atoms with E-state index in [1.54, 1.807) is 36.5 Å². The molecular weight excluding hydrogens is 382 g/mol. The summed E-state index contributed by atoms with van der Waals surface area (Å²) in [4.78, 5) is 33.4. The second-order valence-corrected chi connectivity index (χ2v) is 7.71. The Balaban J connectivity index is 1.73. The highest BCUT2D eigenvalue weighted by Crippen LogP contribution is 2.38. The zero-order valence-corrected chi connectivity index (χ0v) is 17.0. The van der Waals surface area contributed by atoms with Gasteiger partial charge < -0.3 is 19.3 Å². The number of nitrogens with one attached hydrogen (secondary N) is 1. The molecule has 0 unspecified atom stereocenters. The third-order valence-electron chi connectivity index (χ3n) is 5.24. The molecule has 0 radical (unpaired) electrons. The minimum atomic E-state index is -0.753. The lowest BCUT2D eigenvalue weighted by atomic mass is 9.98. The third kappa shape index (κ3) is 3.59. The predicted octanol–water partition coefficient (Wildman–Crippen LogP) is 1.94. The van der Waals surface area contributed by atoms with Crippen molar-refractivity contribution in [2.24, 2.45) is 0 Å². The first-order valence-corrected chi connectivity index (χ1v) is 9.94. The van der Waals surface area contributed by atoms with Crippen LogP contribution in [0.15, 0.2) is 70.5 Å². The number of para-hydroxylation sites is 1. The standard InChI is InChI=1S/C23H23N3O4/c1-25(2)12-7-13-26-20(16-9-5-6-11-24-16)19(22(28)23(26)29)21(27)18-14-15-8-3-4-10-17(15)30-18/h3-6,8-11,14,20,28H,7,12-13H2,1-2H3/p+1/t20-/m0/s1. The second kappa shape index (κ2) is 8.12. The molecule has 1 aliphatic rings. The van der Waals surface area contributed by atoms with Crippen LogP contribution in [0.3, 0.4) is 0 Å². The molecule has 1 aliphatic heterocycles. The van der Waals surface area contributed by atoms with Gasteiger partial charge in [-0.2, -0.15) is 0 Å². The van der Waals surface area contributed by atoms with Crippen LogP contribution >= 0.6 is 0 Å². The number of amides is 1. The number of nitrogens with zero attached hydrogens (tertiary/aromatic N) is 2. The van der Waals surface area contributed by atoms with E-state index in [2.05, 4.69) is 4.98 Å². The SMILES string of the molecule is C[NH+](C)CCCN1C(=O)C(O)=C(C(=O)c2cc3ccccc3o2)[C@@H]1c1ccccn1. The summed E-state index contributed by atoms with van der Waals surface area (Å²) >= 11 is 0. The Morgan fingerprint density at radius 3 is 2.67 bits per heavy atom. The zero-order valence-electron chi connectivity index (χ0n) is 17.0. The number of benzene rings is 1. The van der Waals surface area contributed by atoms with Crippen LogP contribution in [0.4, 0.5) is 0 Å². The number of carbonyl (C=O) groups is 2. The third-order valence-corrected chi connectivity index (χ3v) is 5.24. The highest BCUT2D eigenvalue weighted by molar-refractivity contribution is 6.15. The summed E-state index contributed by atoms with van der Waals surface area (Å²) in [7, 11) is 4.07. The van der Waals surface area contributed by atoms with Crippen LogP contribution in [0.5, 0.6) is 0 Å². The van der Waals surface area contributed by atoms with Crippen LogP contribution in [0, 0.1) is 0 Å². The molecule has 0 bridgehead atoms. The smallest absolute Gasteiger partial charge is 0.290 e. The number of aliphatic hydroxyl groups is 1. The van der Waals surface area contributed by atoms with Crippen molar-refractivity contribution < 1.29 is 24.0 Å². The van der Waals surface area contributed by atoms with Crippen molar-refractivity contribution in [1.29, 1.82) is 0 Å². The van der Waals surface area contributed by atoms with Crippen molar-refractivity contribution in [3.8, 4) is 0 Å².